The first kappa shape index (κ1) is 19.4. The monoisotopic (exact) mass is 384 g/mol. The number of hydrogen-bond acceptors (Lipinski definition) is 5. The van der Waals surface area contributed by atoms with E-state index in [1.807, 2.05) is 0 Å². The van der Waals surface area contributed by atoms with Crippen LogP contribution in [0.5, 0.6) is 11.5 Å². The molecule has 136 valence electrons. The van der Waals surface area contributed by atoms with Crippen molar-refractivity contribution in [2.24, 2.45) is 5.73 Å². The van der Waals surface area contributed by atoms with Crippen molar-refractivity contribution in [3.8, 4) is 11.5 Å². The van der Waals surface area contributed by atoms with Crippen LogP contribution >= 0.6 is 11.6 Å². The summed E-state index contributed by atoms with van der Waals surface area (Å²) in [6.45, 7) is 0.490. The summed E-state index contributed by atoms with van der Waals surface area (Å²) >= 11 is 5.82. The Morgan fingerprint density at radius 3 is 2.48 bits per heavy atom. The van der Waals surface area contributed by atoms with Gasteiger partial charge >= 0.3 is 0 Å². The van der Waals surface area contributed by atoms with Crippen molar-refractivity contribution in [3.63, 3.8) is 0 Å². The third-order valence-corrected chi connectivity index (χ3v) is 5.26. The van der Waals surface area contributed by atoms with Crippen molar-refractivity contribution in [1.29, 1.82) is 0 Å². The number of methoxy groups -OCH3 is 1. The van der Waals surface area contributed by atoms with Gasteiger partial charge in [-0.2, -0.15) is 0 Å². The second kappa shape index (κ2) is 8.42. The van der Waals surface area contributed by atoms with Gasteiger partial charge in [0.1, 0.15) is 16.4 Å². The molecule has 0 aromatic heterocycles. The Balaban J connectivity index is 0.00000109. The fourth-order valence-electron chi connectivity index (χ4n) is 2.54. The van der Waals surface area contributed by atoms with Gasteiger partial charge in [-0.25, -0.2) is 8.42 Å². The molecule has 1 heterocycles. The predicted molar refractivity (Wildman–Crippen MR) is 99.2 cm³/mol. The van der Waals surface area contributed by atoms with Crippen LogP contribution in [0.4, 0.5) is 5.69 Å². The van der Waals surface area contributed by atoms with Crippen LogP contribution in [0, 0.1) is 0 Å². The quantitative estimate of drug-likeness (QED) is 0.845. The van der Waals surface area contributed by atoms with E-state index in [1.165, 1.54) is 13.1 Å². The number of halogens is 1. The lowest BCUT2D eigenvalue weighted by Crippen LogP contribution is -2.18. The number of rotatable bonds is 4. The Bertz CT molecular complexity index is 823. The molecule has 6 nitrogen and oxygen atoms in total. The van der Waals surface area contributed by atoms with Crippen molar-refractivity contribution in [1.82, 2.24) is 0 Å². The minimum atomic E-state index is -3.77. The van der Waals surface area contributed by atoms with Gasteiger partial charge in [0.2, 0.25) is 0 Å². The summed E-state index contributed by atoms with van der Waals surface area (Å²) < 4.78 is 38.9. The van der Waals surface area contributed by atoms with Crippen molar-refractivity contribution >= 4 is 27.3 Å². The van der Waals surface area contributed by atoms with Gasteiger partial charge in [0.05, 0.1) is 13.7 Å². The Morgan fingerprint density at radius 1 is 1.16 bits per heavy atom. The maximum Gasteiger partial charge on any atom is 0.265 e. The van der Waals surface area contributed by atoms with Crippen LogP contribution in [0.25, 0.3) is 0 Å². The number of ether oxygens (including phenoxy) is 2. The van der Waals surface area contributed by atoms with Gasteiger partial charge in [0, 0.05) is 16.3 Å². The zero-order valence-electron chi connectivity index (χ0n) is 14.1. The molecule has 8 heteroatoms. The highest BCUT2D eigenvalue weighted by Gasteiger charge is 2.26. The van der Waals surface area contributed by atoms with Crippen LogP contribution in [-0.2, 0) is 16.4 Å². The van der Waals surface area contributed by atoms with Crippen molar-refractivity contribution in [2.75, 3.05) is 25.5 Å². The molecule has 25 heavy (non-hydrogen) atoms. The topological polar surface area (TPSA) is 90.7 Å². The number of fused-ring (bicyclic) bond motifs is 1. The molecule has 0 amide bonds. The standard InChI is InChI=1S/C16H16ClNO4S.CH5N/c1-21-14-8-9-15(16-13(14)3-2-10-22-16)23(19,20)18-12-6-4-11(17)5-7-12;1-2/h4-9,18H,2-3,10H2,1H3;2H2,1H3. The van der Waals surface area contributed by atoms with E-state index in [0.717, 1.165) is 18.4 Å². The number of hydrogen-bond donors (Lipinski definition) is 2. The van der Waals surface area contributed by atoms with E-state index in [2.05, 4.69) is 10.5 Å². The SMILES string of the molecule is CN.COc1ccc(S(=O)(=O)Nc2ccc(Cl)cc2)c2c1CCCO2. The van der Waals surface area contributed by atoms with Crippen LogP contribution < -0.4 is 19.9 Å². The van der Waals surface area contributed by atoms with E-state index >= 15 is 0 Å². The van der Waals surface area contributed by atoms with E-state index in [4.69, 9.17) is 21.1 Å². The first-order valence-corrected chi connectivity index (χ1v) is 9.56. The third kappa shape index (κ3) is 4.36. The molecule has 0 bridgehead atoms. The minimum absolute atomic E-state index is 0.114. The fourth-order valence-corrected chi connectivity index (χ4v) is 3.89. The number of nitrogens with two attached hydrogens (primary N) is 1. The van der Waals surface area contributed by atoms with E-state index in [0.29, 0.717) is 28.8 Å². The lowest BCUT2D eigenvalue weighted by atomic mass is 10.1. The average Bonchev–Trinajstić information content (AvgIpc) is 2.64. The van der Waals surface area contributed by atoms with Gasteiger partial charge in [-0.15, -0.1) is 0 Å². The summed E-state index contributed by atoms with van der Waals surface area (Å²) in [6.07, 6.45) is 1.56. The molecule has 0 radical (unpaired) electrons. The van der Waals surface area contributed by atoms with Crippen LogP contribution in [0.1, 0.15) is 12.0 Å². The van der Waals surface area contributed by atoms with E-state index in [9.17, 15) is 8.42 Å². The Hall–Kier alpha value is -1.96. The number of sulfonamides is 1. The second-order valence-corrected chi connectivity index (χ2v) is 7.23. The summed E-state index contributed by atoms with van der Waals surface area (Å²) in [6, 6.07) is 9.62. The molecule has 0 saturated carbocycles. The van der Waals surface area contributed by atoms with E-state index in [1.54, 1.807) is 37.4 Å². The van der Waals surface area contributed by atoms with Gasteiger partial charge in [-0.1, -0.05) is 11.6 Å². The van der Waals surface area contributed by atoms with E-state index in [-0.39, 0.29) is 4.90 Å². The number of nitrogens with one attached hydrogen (secondary N) is 1. The molecule has 0 atom stereocenters. The molecular formula is C17H21ClN2O4S. The maximum atomic E-state index is 12.7. The highest BCUT2D eigenvalue weighted by Crippen LogP contribution is 2.38. The summed E-state index contributed by atoms with van der Waals surface area (Å²) in [5, 5.41) is 0.540. The normalized spacial score (nSPS) is 13.0. The molecule has 2 aromatic carbocycles. The molecule has 0 saturated heterocycles. The molecule has 0 spiro atoms. The lowest BCUT2D eigenvalue weighted by Gasteiger charge is -2.22. The Kier molecular flexibility index (Phi) is 6.52. The van der Waals surface area contributed by atoms with Crippen LogP contribution in [0.2, 0.25) is 5.02 Å². The highest BCUT2D eigenvalue weighted by molar-refractivity contribution is 7.92. The summed E-state index contributed by atoms with van der Waals surface area (Å²) in [5.74, 6) is 1.02. The highest BCUT2D eigenvalue weighted by atomic mass is 35.5. The maximum absolute atomic E-state index is 12.7. The molecule has 1 aliphatic rings. The molecule has 3 rings (SSSR count). The van der Waals surface area contributed by atoms with Gasteiger partial charge in [0.25, 0.3) is 10.0 Å². The lowest BCUT2D eigenvalue weighted by molar-refractivity contribution is 0.274. The zero-order chi connectivity index (χ0) is 18.4. The number of anilines is 1. The third-order valence-electron chi connectivity index (χ3n) is 3.60. The molecular weight excluding hydrogens is 364 g/mol. The Labute approximate surface area is 152 Å². The van der Waals surface area contributed by atoms with Crippen LogP contribution in [-0.4, -0.2) is 29.2 Å². The van der Waals surface area contributed by atoms with Crippen LogP contribution in [0.3, 0.4) is 0 Å². The van der Waals surface area contributed by atoms with Crippen molar-refractivity contribution in [3.05, 3.63) is 47.0 Å². The average molecular weight is 385 g/mol. The second-order valence-electron chi connectivity index (χ2n) is 5.14. The molecule has 3 N–H and O–H groups in total. The molecule has 1 aliphatic heterocycles. The summed E-state index contributed by atoms with van der Waals surface area (Å²) in [7, 11) is -0.706. The predicted octanol–water partition coefficient (Wildman–Crippen LogP) is 3.05. The Morgan fingerprint density at radius 2 is 1.84 bits per heavy atom. The van der Waals surface area contributed by atoms with Crippen molar-refractivity contribution < 1.29 is 17.9 Å². The first-order valence-electron chi connectivity index (χ1n) is 7.70. The smallest absolute Gasteiger partial charge is 0.265 e. The van der Waals surface area contributed by atoms with E-state index < -0.39 is 10.0 Å². The van der Waals surface area contributed by atoms with Crippen molar-refractivity contribution in [2.45, 2.75) is 17.7 Å². The molecule has 0 fully saturated rings. The van der Waals surface area contributed by atoms with Gasteiger partial charge in [0.15, 0.2) is 0 Å². The molecule has 0 unspecified atom stereocenters. The first-order chi connectivity index (χ1) is 12.0. The minimum Gasteiger partial charge on any atom is -0.496 e. The summed E-state index contributed by atoms with van der Waals surface area (Å²) in [4.78, 5) is 0.114. The fraction of sp³-hybridized carbons (Fsp3) is 0.294. The molecule has 2 aromatic rings. The van der Waals surface area contributed by atoms with Gasteiger partial charge < -0.3 is 15.2 Å². The molecule has 0 aliphatic carbocycles. The number of benzene rings is 2. The zero-order valence-corrected chi connectivity index (χ0v) is 15.7. The largest absolute Gasteiger partial charge is 0.496 e. The van der Waals surface area contributed by atoms with Gasteiger partial charge in [-0.3, -0.25) is 4.72 Å². The van der Waals surface area contributed by atoms with Gasteiger partial charge in [-0.05, 0) is 56.3 Å². The van der Waals surface area contributed by atoms with Crippen LogP contribution in [0.15, 0.2) is 41.3 Å². The summed E-state index contributed by atoms with van der Waals surface area (Å²) in [5.41, 5.74) is 5.73.